The van der Waals surface area contributed by atoms with Crippen molar-refractivity contribution >= 4 is 27.7 Å². The minimum Gasteiger partial charge on any atom is -0.397 e. The smallest absolute Gasteiger partial charge is 0.0572 e. The van der Waals surface area contributed by atoms with Gasteiger partial charge in [-0.3, -0.25) is 0 Å². The number of benzene rings is 1. The Labute approximate surface area is 75.7 Å². The Kier molecular flexibility index (Phi) is 2.76. The van der Waals surface area contributed by atoms with E-state index in [0.29, 0.717) is 0 Å². The summed E-state index contributed by atoms with van der Waals surface area (Å²) >= 11 is 0. The summed E-state index contributed by atoms with van der Waals surface area (Å²) in [5.41, 5.74) is 7.55. The summed E-state index contributed by atoms with van der Waals surface area (Å²) in [6.07, 6.45) is 2.08. The molecule has 1 atom stereocenters. The molecule has 3 N–H and O–H groups in total. The molecule has 12 heavy (non-hydrogen) atoms. The van der Waals surface area contributed by atoms with Crippen molar-refractivity contribution in [3.05, 3.63) is 18.2 Å². The lowest BCUT2D eigenvalue weighted by molar-refractivity contribution is 1.42. The first-order valence-corrected chi connectivity index (χ1v) is 5.48. The molecule has 0 fully saturated rings. The van der Waals surface area contributed by atoms with Crippen LogP contribution in [0, 0.1) is 0 Å². The zero-order valence-electron chi connectivity index (χ0n) is 7.42. The fourth-order valence-corrected chi connectivity index (χ4v) is 1.61. The van der Waals surface area contributed by atoms with Gasteiger partial charge in [-0.1, -0.05) is 5.87 Å². The van der Waals surface area contributed by atoms with Crippen molar-refractivity contribution in [1.82, 2.24) is 0 Å². The number of hydrogen-bond donors (Lipinski definition) is 2. The molecule has 66 valence electrons. The van der Waals surface area contributed by atoms with Gasteiger partial charge < -0.3 is 11.1 Å². The lowest BCUT2D eigenvalue weighted by Gasteiger charge is -2.07. The standard InChI is InChI=1S/C9H14N2S/c1-11-9-5-4-7(12(2)3)6-8(9)10/h4-6,11H,2,10H2,1,3H3. The summed E-state index contributed by atoms with van der Waals surface area (Å²) in [5.74, 6) is 3.96. The van der Waals surface area contributed by atoms with Gasteiger partial charge in [0.15, 0.2) is 0 Å². The molecule has 0 aliphatic rings. The number of anilines is 2. The van der Waals surface area contributed by atoms with Gasteiger partial charge in [-0.2, -0.15) is 10.5 Å². The van der Waals surface area contributed by atoms with Gasteiger partial charge in [0.25, 0.3) is 0 Å². The molecule has 0 aliphatic carbocycles. The van der Waals surface area contributed by atoms with E-state index in [1.165, 1.54) is 4.90 Å². The van der Waals surface area contributed by atoms with Crippen molar-refractivity contribution in [2.75, 3.05) is 24.4 Å². The van der Waals surface area contributed by atoms with Crippen LogP contribution in [0.5, 0.6) is 0 Å². The molecule has 1 rings (SSSR count). The first kappa shape index (κ1) is 9.13. The molecule has 3 heteroatoms. The molecule has 0 heterocycles. The Hall–Kier alpha value is -0.960. The van der Waals surface area contributed by atoms with Gasteiger partial charge in [0.05, 0.1) is 11.4 Å². The van der Waals surface area contributed by atoms with Crippen LogP contribution in [0.25, 0.3) is 0 Å². The molecule has 0 saturated carbocycles. The van der Waals surface area contributed by atoms with Crippen LogP contribution in [-0.4, -0.2) is 19.2 Å². The largest absolute Gasteiger partial charge is 0.397 e. The van der Waals surface area contributed by atoms with Crippen LogP contribution in [0.15, 0.2) is 23.1 Å². The first-order valence-electron chi connectivity index (χ1n) is 3.68. The minimum absolute atomic E-state index is 0.0427. The highest BCUT2D eigenvalue weighted by molar-refractivity contribution is 8.13. The minimum atomic E-state index is 0.0427. The fourth-order valence-electron chi connectivity index (χ4n) is 0.985. The molecule has 0 spiro atoms. The third kappa shape index (κ3) is 1.80. The Morgan fingerprint density at radius 1 is 1.50 bits per heavy atom. The quantitative estimate of drug-likeness (QED) is 0.542. The van der Waals surface area contributed by atoms with Gasteiger partial charge in [0, 0.05) is 11.9 Å². The van der Waals surface area contributed by atoms with Gasteiger partial charge in [-0.25, -0.2) is 0 Å². The van der Waals surface area contributed by atoms with E-state index in [1.54, 1.807) is 0 Å². The lowest BCUT2D eigenvalue weighted by atomic mass is 10.3. The van der Waals surface area contributed by atoms with Crippen LogP contribution < -0.4 is 11.1 Å². The molecule has 0 saturated heterocycles. The van der Waals surface area contributed by atoms with Crippen molar-refractivity contribution in [3.63, 3.8) is 0 Å². The molecule has 1 unspecified atom stereocenters. The van der Waals surface area contributed by atoms with Gasteiger partial charge >= 0.3 is 0 Å². The van der Waals surface area contributed by atoms with Crippen LogP contribution in [0.1, 0.15) is 0 Å². The number of nitrogens with one attached hydrogen (secondary N) is 1. The van der Waals surface area contributed by atoms with Crippen LogP contribution >= 0.6 is 10.5 Å². The van der Waals surface area contributed by atoms with E-state index >= 15 is 0 Å². The number of hydrogen-bond acceptors (Lipinski definition) is 2. The number of nitrogen functional groups attached to an aromatic ring is 1. The molecule has 1 aromatic carbocycles. The predicted octanol–water partition coefficient (Wildman–Crippen LogP) is 2.00. The Morgan fingerprint density at radius 3 is 2.58 bits per heavy atom. The second-order valence-electron chi connectivity index (χ2n) is 2.64. The van der Waals surface area contributed by atoms with Gasteiger partial charge in [-0.15, -0.1) is 0 Å². The second-order valence-corrected chi connectivity index (χ2v) is 4.38. The van der Waals surface area contributed by atoms with Crippen LogP contribution in [0.3, 0.4) is 0 Å². The Morgan fingerprint density at radius 2 is 2.17 bits per heavy atom. The Bertz CT molecular complexity index is 307. The van der Waals surface area contributed by atoms with Gasteiger partial charge in [0.2, 0.25) is 0 Å². The summed E-state index contributed by atoms with van der Waals surface area (Å²) in [5, 5.41) is 3.02. The summed E-state index contributed by atoms with van der Waals surface area (Å²) in [6, 6.07) is 6.01. The van der Waals surface area contributed by atoms with Crippen LogP contribution in [0.2, 0.25) is 0 Å². The number of nitrogens with two attached hydrogens (primary N) is 1. The highest BCUT2D eigenvalue weighted by Crippen LogP contribution is 2.27. The molecule has 1 aromatic rings. The highest BCUT2D eigenvalue weighted by Gasteiger charge is 1.97. The molecule has 0 bridgehead atoms. The van der Waals surface area contributed by atoms with Crippen molar-refractivity contribution in [2.24, 2.45) is 0 Å². The van der Waals surface area contributed by atoms with E-state index in [1.807, 2.05) is 19.2 Å². The number of rotatable bonds is 2. The predicted molar refractivity (Wildman–Crippen MR) is 59.3 cm³/mol. The maximum atomic E-state index is 5.78. The van der Waals surface area contributed by atoms with Gasteiger partial charge in [0.1, 0.15) is 0 Å². The van der Waals surface area contributed by atoms with Crippen molar-refractivity contribution in [2.45, 2.75) is 4.90 Å². The molecular weight excluding hydrogens is 168 g/mol. The van der Waals surface area contributed by atoms with E-state index in [2.05, 4.69) is 23.5 Å². The third-order valence-electron chi connectivity index (χ3n) is 1.69. The zero-order chi connectivity index (χ0) is 9.14. The van der Waals surface area contributed by atoms with Crippen molar-refractivity contribution < 1.29 is 0 Å². The van der Waals surface area contributed by atoms with Crippen LogP contribution in [0.4, 0.5) is 11.4 Å². The van der Waals surface area contributed by atoms with Crippen molar-refractivity contribution in [1.29, 1.82) is 0 Å². The van der Waals surface area contributed by atoms with E-state index in [-0.39, 0.29) is 10.5 Å². The van der Waals surface area contributed by atoms with E-state index in [9.17, 15) is 0 Å². The van der Waals surface area contributed by atoms with Crippen molar-refractivity contribution in [3.8, 4) is 0 Å². The first-order chi connectivity index (χ1) is 5.65. The average molecular weight is 182 g/mol. The maximum absolute atomic E-state index is 5.78. The molecular formula is C9H14N2S. The fraction of sp³-hybridized carbons (Fsp3) is 0.222. The SMILES string of the molecule is C=S(C)c1ccc(NC)c(N)c1. The average Bonchev–Trinajstić information content (AvgIpc) is 2.04. The molecule has 0 aromatic heterocycles. The van der Waals surface area contributed by atoms with E-state index in [4.69, 9.17) is 5.73 Å². The monoisotopic (exact) mass is 182 g/mol. The molecule has 2 nitrogen and oxygen atoms in total. The highest BCUT2D eigenvalue weighted by atomic mass is 32.2. The second kappa shape index (κ2) is 3.63. The normalized spacial score (nSPS) is 12.5. The topological polar surface area (TPSA) is 38.0 Å². The maximum Gasteiger partial charge on any atom is 0.0572 e. The molecule has 0 amide bonds. The van der Waals surface area contributed by atoms with E-state index in [0.717, 1.165) is 11.4 Å². The summed E-state index contributed by atoms with van der Waals surface area (Å²) in [6.45, 7) is 0. The van der Waals surface area contributed by atoms with E-state index < -0.39 is 0 Å². The molecule has 0 radical (unpaired) electrons. The third-order valence-corrected chi connectivity index (χ3v) is 2.75. The zero-order valence-corrected chi connectivity index (χ0v) is 8.24. The Balaban J connectivity index is 3.10. The lowest BCUT2D eigenvalue weighted by Crippen LogP contribution is -1.95. The summed E-state index contributed by atoms with van der Waals surface area (Å²) < 4.78 is 0. The summed E-state index contributed by atoms with van der Waals surface area (Å²) in [7, 11) is 1.91. The molecule has 0 aliphatic heterocycles. The van der Waals surface area contributed by atoms with Crippen LogP contribution in [-0.2, 0) is 0 Å². The summed E-state index contributed by atoms with van der Waals surface area (Å²) in [4.78, 5) is 1.20. The van der Waals surface area contributed by atoms with Gasteiger partial charge in [-0.05, 0) is 24.5 Å².